The van der Waals surface area contributed by atoms with E-state index in [-0.39, 0.29) is 11.8 Å². The number of benzene rings is 2. The maximum Gasteiger partial charge on any atom is 0.166 e. The predicted octanol–water partition coefficient (Wildman–Crippen LogP) is -1.44. The Kier molecular flexibility index (Phi) is 13.6. The van der Waals surface area contributed by atoms with Crippen LogP contribution >= 0.6 is 0 Å². The van der Waals surface area contributed by atoms with Gasteiger partial charge in [0.25, 0.3) is 0 Å². The van der Waals surface area contributed by atoms with E-state index in [0.29, 0.717) is 23.7 Å². The van der Waals surface area contributed by atoms with Crippen LogP contribution in [0.3, 0.4) is 0 Å². The van der Waals surface area contributed by atoms with E-state index in [4.69, 9.17) is 5.11 Å². The summed E-state index contributed by atoms with van der Waals surface area (Å²) >= 11 is 0. The second-order valence-corrected chi connectivity index (χ2v) is 9.99. The third-order valence-electron chi connectivity index (χ3n) is 6.93. The van der Waals surface area contributed by atoms with Gasteiger partial charge in [0.05, 0.1) is 46.2 Å². The lowest BCUT2D eigenvalue weighted by Crippen LogP contribution is -3.10. The fourth-order valence-electron chi connectivity index (χ4n) is 4.58. The molecule has 3 N–H and O–H groups in total. The predicted molar refractivity (Wildman–Crippen MR) is 140 cm³/mol. The molecule has 2 aromatic rings. The van der Waals surface area contributed by atoms with E-state index in [1.807, 2.05) is 60.7 Å². The zero-order valence-electron chi connectivity index (χ0n) is 22.3. The van der Waals surface area contributed by atoms with Crippen molar-refractivity contribution in [3.8, 4) is 0 Å². The molecule has 8 nitrogen and oxygen atoms in total. The average Bonchev–Trinajstić information content (AvgIpc) is 2.94. The smallest absolute Gasteiger partial charge is 0.166 e. The van der Waals surface area contributed by atoms with Crippen molar-refractivity contribution in [2.45, 2.75) is 32.0 Å². The molecule has 206 valence electrons. The van der Waals surface area contributed by atoms with Crippen LogP contribution in [0, 0.1) is 11.8 Å². The Bertz CT molecular complexity index is 940. The number of carboxylic acids is 1. The minimum atomic E-state index is -1.96. The Morgan fingerprint density at radius 1 is 0.763 bits per heavy atom. The van der Waals surface area contributed by atoms with Crippen molar-refractivity contribution in [2.75, 3.05) is 40.3 Å². The van der Waals surface area contributed by atoms with Crippen LogP contribution < -0.4 is 20.0 Å². The van der Waals surface area contributed by atoms with Gasteiger partial charge < -0.3 is 29.9 Å². The summed E-state index contributed by atoms with van der Waals surface area (Å²) < 4.78 is 0. The summed E-state index contributed by atoms with van der Waals surface area (Å²) in [6.07, 6.45) is 3.26. The second kappa shape index (κ2) is 16.6. The van der Waals surface area contributed by atoms with Gasteiger partial charge in [-0.2, -0.15) is 0 Å². The minimum Gasteiger partial charge on any atom is -0.828 e. The summed E-state index contributed by atoms with van der Waals surface area (Å²) in [6, 6.07) is 19.4. The van der Waals surface area contributed by atoms with Gasteiger partial charge in [0.2, 0.25) is 0 Å². The van der Waals surface area contributed by atoms with Crippen molar-refractivity contribution in [2.24, 2.45) is 11.8 Å². The Balaban J connectivity index is 0.000000211. The molecule has 1 unspecified atom stereocenters. The number of hydrogen-bond donors (Lipinski definition) is 3. The van der Waals surface area contributed by atoms with Crippen LogP contribution in [0.5, 0.6) is 0 Å². The highest BCUT2D eigenvalue weighted by Crippen LogP contribution is 2.17. The van der Waals surface area contributed by atoms with Crippen molar-refractivity contribution in [3.63, 3.8) is 0 Å². The summed E-state index contributed by atoms with van der Waals surface area (Å²) in [5.41, 5.74) is 1.75. The number of rotatable bonds is 6. The number of nitrogens with one attached hydrogen (secondary N) is 2. The third kappa shape index (κ3) is 11.5. The first kappa shape index (κ1) is 31.1. The molecule has 4 rings (SSSR count). The number of ketones is 2. The van der Waals surface area contributed by atoms with E-state index in [2.05, 4.69) is 14.1 Å². The van der Waals surface area contributed by atoms with Gasteiger partial charge in [0, 0.05) is 48.6 Å². The van der Waals surface area contributed by atoms with Gasteiger partial charge >= 0.3 is 0 Å². The number of aliphatic hydroxyl groups excluding tert-OH is 1. The fraction of sp³-hybridized carbons (Fsp3) is 0.433. The van der Waals surface area contributed by atoms with Gasteiger partial charge in [-0.15, -0.1) is 0 Å². The number of likely N-dealkylation sites (tertiary alicyclic amines) is 2. The van der Waals surface area contributed by atoms with Gasteiger partial charge in [-0.05, 0) is 12.4 Å². The molecule has 0 spiro atoms. The van der Waals surface area contributed by atoms with Crippen LogP contribution in [-0.4, -0.2) is 69.2 Å². The summed E-state index contributed by atoms with van der Waals surface area (Å²) in [7, 11) is 4.40. The number of aliphatic hydroxyl groups is 1. The summed E-state index contributed by atoms with van der Waals surface area (Å²) in [4.78, 5) is 36.7. The van der Waals surface area contributed by atoms with Crippen LogP contribution in [0.15, 0.2) is 72.8 Å². The van der Waals surface area contributed by atoms with E-state index in [9.17, 15) is 24.6 Å². The van der Waals surface area contributed by atoms with Crippen LogP contribution in [0.1, 0.15) is 46.4 Å². The maximum atomic E-state index is 12.1. The Morgan fingerprint density at radius 3 is 1.37 bits per heavy atom. The van der Waals surface area contributed by atoms with Gasteiger partial charge in [-0.3, -0.25) is 9.59 Å². The fourth-order valence-corrected chi connectivity index (χ4v) is 4.58. The zero-order chi connectivity index (χ0) is 27.9. The molecule has 2 fully saturated rings. The minimum absolute atomic E-state index is 0.260. The van der Waals surface area contributed by atoms with Crippen molar-refractivity contribution < 1.29 is 39.5 Å². The SMILES string of the molecule is C[NH+]1CCC(C(=O)c2ccccc2)CC1.C[NH+]1CCC(C(=O)c2ccccc2)CC1.O=C([O-])/C=C\C([O-])O. The molecule has 2 aliphatic heterocycles. The number of carboxylic acid groups (broad SMARTS) is 1. The molecule has 0 bridgehead atoms. The lowest BCUT2D eigenvalue weighted by Gasteiger charge is -2.25. The molecule has 1 atom stereocenters. The zero-order valence-corrected chi connectivity index (χ0v) is 22.3. The number of carbonyl (C=O) groups is 3. The van der Waals surface area contributed by atoms with Crippen LogP contribution in [0.4, 0.5) is 0 Å². The number of quaternary nitrogens is 2. The maximum absolute atomic E-state index is 12.1. The number of Topliss-reactive ketones (excluding diaryl/α,β-unsaturated/α-hetero) is 2. The number of piperidine rings is 2. The van der Waals surface area contributed by atoms with Crippen LogP contribution in [-0.2, 0) is 4.79 Å². The first-order chi connectivity index (χ1) is 18.2. The highest BCUT2D eigenvalue weighted by molar-refractivity contribution is 5.98. The molecule has 2 aliphatic rings. The molecular weight excluding hydrogens is 484 g/mol. The lowest BCUT2D eigenvalue weighted by molar-refractivity contribution is -0.885. The van der Waals surface area contributed by atoms with Gasteiger partial charge in [-0.25, -0.2) is 0 Å². The second-order valence-electron chi connectivity index (χ2n) is 9.99. The lowest BCUT2D eigenvalue weighted by atomic mass is 9.89. The largest absolute Gasteiger partial charge is 0.828 e. The monoisotopic (exact) mass is 524 g/mol. The van der Waals surface area contributed by atoms with Crippen LogP contribution in [0.2, 0.25) is 0 Å². The standard InChI is InChI=1S/2C13H17NO.C4H5O4/c2*1-14-9-7-12(8-10-14)13(15)11-5-3-2-4-6-11;5-3(6)1-2-4(7)8/h2*2-6,12H,7-10H2,1H3;1-3,5H,(H,7,8)/q;;-1/p+1/b;;2-1-. The molecule has 2 heterocycles. The molecule has 38 heavy (non-hydrogen) atoms. The summed E-state index contributed by atoms with van der Waals surface area (Å²) in [6.45, 7) is 4.51. The van der Waals surface area contributed by atoms with Gasteiger partial charge in [-0.1, -0.05) is 66.7 Å². The Labute approximate surface area is 225 Å². The quantitative estimate of drug-likeness (QED) is 0.241. The van der Waals surface area contributed by atoms with E-state index >= 15 is 0 Å². The topological polar surface area (TPSA) is 126 Å². The van der Waals surface area contributed by atoms with E-state index in [1.165, 1.54) is 0 Å². The molecule has 2 saturated heterocycles. The van der Waals surface area contributed by atoms with Gasteiger partial charge in [0.1, 0.15) is 0 Å². The normalized spacial score (nSPS) is 23.7. The third-order valence-corrected chi connectivity index (χ3v) is 6.93. The van der Waals surface area contributed by atoms with E-state index in [0.717, 1.165) is 63.0 Å². The first-order valence-electron chi connectivity index (χ1n) is 13.2. The number of carbonyl (C=O) groups excluding carboxylic acids is 3. The number of aliphatic carboxylic acids is 1. The highest BCUT2D eigenvalue weighted by atomic mass is 16.5. The molecule has 0 saturated carbocycles. The molecule has 0 radical (unpaired) electrons. The van der Waals surface area contributed by atoms with Crippen molar-refractivity contribution >= 4 is 17.5 Å². The van der Waals surface area contributed by atoms with E-state index in [1.54, 1.807) is 9.80 Å². The molecule has 0 aromatic heterocycles. The average molecular weight is 525 g/mol. The van der Waals surface area contributed by atoms with Crippen molar-refractivity contribution in [1.29, 1.82) is 0 Å². The Morgan fingerprint density at radius 2 is 1.11 bits per heavy atom. The molecule has 2 aromatic carbocycles. The molecule has 8 heteroatoms. The molecule has 0 amide bonds. The molecule has 0 aliphatic carbocycles. The summed E-state index contributed by atoms with van der Waals surface area (Å²) in [5.74, 6) is -0.293. The first-order valence-corrected chi connectivity index (χ1v) is 13.2. The molecular formula is C30H40N2O6. The van der Waals surface area contributed by atoms with Crippen molar-refractivity contribution in [1.82, 2.24) is 0 Å². The van der Waals surface area contributed by atoms with E-state index < -0.39 is 12.3 Å². The summed E-state index contributed by atoms with van der Waals surface area (Å²) in [5, 5.41) is 26.9. The van der Waals surface area contributed by atoms with Gasteiger partial charge in [0.15, 0.2) is 11.6 Å². The highest BCUT2D eigenvalue weighted by Gasteiger charge is 2.27. The van der Waals surface area contributed by atoms with Crippen LogP contribution in [0.25, 0.3) is 0 Å². The number of hydrogen-bond acceptors (Lipinski definition) is 6. The Hall–Kier alpha value is -3.17. The van der Waals surface area contributed by atoms with Crippen molar-refractivity contribution in [3.05, 3.63) is 83.9 Å².